The van der Waals surface area contributed by atoms with Crippen molar-refractivity contribution >= 4 is 11.7 Å². The number of pyridine rings is 1. The van der Waals surface area contributed by atoms with Gasteiger partial charge in [0.2, 0.25) is 0 Å². The maximum atomic E-state index is 12.8. The molecule has 1 aliphatic carbocycles. The molecule has 1 saturated heterocycles. The molecule has 2 aliphatic rings. The number of amides is 1. The lowest BCUT2D eigenvalue weighted by atomic mass is 10.0. The molecular formula is C21H23N3O2. The van der Waals surface area contributed by atoms with Crippen LogP contribution in [0, 0.1) is 17.8 Å². The topological polar surface area (TPSA) is 71.1 Å². The standard InChI is InChI=1S/C21H23N3O2/c1-22-21(26)19-9-14(20(25)10-16-17-11-23-12-18(16)17)8-15(24-19)7-13-5-3-2-4-6-13/h2-6,8-9,16-18,23H,7,10-12H2,1H3,(H,22,26)/t16?,17-,18+. The van der Waals surface area contributed by atoms with Crippen LogP contribution in [0.5, 0.6) is 0 Å². The lowest BCUT2D eigenvalue weighted by Crippen LogP contribution is -2.21. The Bertz CT molecular complexity index is 824. The summed E-state index contributed by atoms with van der Waals surface area (Å²) in [5, 5.41) is 5.96. The number of aromatic nitrogens is 1. The second-order valence-corrected chi connectivity index (χ2v) is 7.25. The Labute approximate surface area is 153 Å². The number of hydrogen-bond acceptors (Lipinski definition) is 4. The van der Waals surface area contributed by atoms with Gasteiger partial charge >= 0.3 is 0 Å². The van der Waals surface area contributed by atoms with Crippen LogP contribution in [0.1, 0.15) is 38.5 Å². The van der Waals surface area contributed by atoms with Gasteiger partial charge in [0, 0.05) is 31.1 Å². The van der Waals surface area contributed by atoms with Crippen LogP contribution in [0.25, 0.3) is 0 Å². The first-order valence-electron chi connectivity index (χ1n) is 9.16. The zero-order valence-electron chi connectivity index (χ0n) is 14.9. The van der Waals surface area contributed by atoms with Crippen LogP contribution in [0.3, 0.4) is 0 Å². The molecule has 1 unspecified atom stereocenters. The van der Waals surface area contributed by atoms with Crippen LogP contribution in [0.2, 0.25) is 0 Å². The van der Waals surface area contributed by atoms with Gasteiger partial charge < -0.3 is 10.6 Å². The number of benzene rings is 1. The van der Waals surface area contributed by atoms with Crippen molar-refractivity contribution in [1.82, 2.24) is 15.6 Å². The minimum Gasteiger partial charge on any atom is -0.354 e. The van der Waals surface area contributed by atoms with E-state index in [-0.39, 0.29) is 11.7 Å². The molecule has 2 fully saturated rings. The number of ketones is 1. The third-order valence-electron chi connectivity index (χ3n) is 5.58. The fraction of sp³-hybridized carbons (Fsp3) is 0.381. The van der Waals surface area contributed by atoms with E-state index < -0.39 is 0 Å². The van der Waals surface area contributed by atoms with Gasteiger partial charge in [-0.2, -0.15) is 0 Å². The van der Waals surface area contributed by atoms with E-state index in [0.29, 0.717) is 41.9 Å². The average Bonchev–Trinajstić information content (AvgIpc) is 3.08. The molecular weight excluding hydrogens is 326 g/mol. The van der Waals surface area contributed by atoms with Gasteiger partial charge in [-0.3, -0.25) is 9.59 Å². The Kier molecular flexibility index (Phi) is 4.55. The predicted molar refractivity (Wildman–Crippen MR) is 99.2 cm³/mol. The number of fused-ring (bicyclic) bond motifs is 1. The van der Waals surface area contributed by atoms with Crippen LogP contribution >= 0.6 is 0 Å². The van der Waals surface area contributed by atoms with Gasteiger partial charge in [-0.15, -0.1) is 0 Å². The van der Waals surface area contributed by atoms with Crippen LogP contribution in [-0.4, -0.2) is 36.8 Å². The van der Waals surface area contributed by atoms with Crippen molar-refractivity contribution in [2.45, 2.75) is 12.8 Å². The number of hydrogen-bond donors (Lipinski definition) is 2. The quantitative estimate of drug-likeness (QED) is 0.783. The largest absolute Gasteiger partial charge is 0.354 e. The Hall–Kier alpha value is -2.53. The highest BCUT2D eigenvalue weighted by atomic mass is 16.1. The van der Waals surface area contributed by atoms with Crippen LogP contribution < -0.4 is 10.6 Å². The first kappa shape index (κ1) is 16.9. The molecule has 134 valence electrons. The van der Waals surface area contributed by atoms with Crippen molar-refractivity contribution in [2.24, 2.45) is 17.8 Å². The summed E-state index contributed by atoms with van der Waals surface area (Å²) in [6.45, 7) is 2.06. The smallest absolute Gasteiger partial charge is 0.269 e. The van der Waals surface area contributed by atoms with E-state index >= 15 is 0 Å². The molecule has 26 heavy (non-hydrogen) atoms. The maximum absolute atomic E-state index is 12.8. The van der Waals surface area contributed by atoms with Crippen molar-refractivity contribution in [3.63, 3.8) is 0 Å². The second kappa shape index (κ2) is 7.00. The summed E-state index contributed by atoms with van der Waals surface area (Å²) in [6.07, 6.45) is 1.17. The summed E-state index contributed by atoms with van der Waals surface area (Å²) >= 11 is 0. The van der Waals surface area contributed by atoms with E-state index in [9.17, 15) is 9.59 Å². The van der Waals surface area contributed by atoms with E-state index in [1.54, 1.807) is 13.1 Å². The Balaban J connectivity index is 1.57. The van der Waals surface area contributed by atoms with Gasteiger partial charge in [-0.05, 0) is 48.5 Å². The molecule has 0 spiro atoms. The van der Waals surface area contributed by atoms with Gasteiger partial charge in [0.15, 0.2) is 5.78 Å². The van der Waals surface area contributed by atoms with Crippen LogP contribution in [0.4, 0.5) is 0 Å². The number of piperidine rings is 1. The van der Waals surface area contributed by atoms with Crippen molar-refractivity contribution in [2.75, 3.05) is 20.1 Å². The molecule has 1 aromatic heterocycles. The minimum atomic E-state index is -0.263. The first-order valence-corrected chi connectivity index (χ1v) is 9.16. The third kappa shape index (κ3) is 3.40. The van der Waals surface area contributed by atoms with Crippen molar-refractivity contribution in [3.05, 3.63) is 65.0 Å². The zero-order chi connectivity index (χ0) is 18.1. The lowest BCUT2D eigenvalue weighted by molar-refractivity contribution is 0.0958. The number of Topliss-reactive ketones (excluding diaryl/α,β-unsaturated/α-hetero) is 1. The molecule has 2 N–H and O–H groups in total. The number of nitrogens with zero attached hydrogens (tertiary/aromatic N) is 1. The fourth-order valence-electron chi connectivity index (χ4n) is 4.07. The predicted octanol–water partition coefficient (Wildman–Crippen LogP) is 2.07. The van der Waals surface area contributed by atoms with E-state index in [2.05, 4.69) is 15.6 Å². The highest BCUT2D eigenvalue weighted by Crippen LogP contribution is 2.51. The van der Waals surface area contributed by atoms with Gasteiger partial charge in [0.25, 0.3) is 5.91 Å². The van der Waals surface area contributed by atoms with Crippen LogP contribution in [0.15, 0.2) is 42.5 Å². The van der Waals surface area contributed by atoms with Gasteiger partial charge in [-0.1, -0.05) is 30.3 Å². The fourth-order valence-corrected chi connectivity index (χ4v) is 4.07. The maximum Gasteiger partial charge on any atom is 0.269 e. The van der Waals surface area contributed by atoms with E-state index in [1.807, 2.05) is 36.4 Å². The molecule has 5 nitrogen and oxygen atoms in total. The molecule has 2 aromatic rings. The Morgan fingerprint density at radius 3 is 2.58 bits per heavy atom. The minimum absolute atomic E-state index is 0.117. The molecule has 1 aromatic carbocycles. The van der Waals surface area contributed by atoms with Gasteiger partial charge in [0.05, 0.1) is 0 Å². The molecule has 3 atom stereocenters. The molecule has 1 aliphatic heterocycles. The summed E-state index contributed by atoms with van der Waals surface area (Å²) in [7, 11) is 1.58. The summed E-state index contributed by atoms with van der Waals surface area (Å²) in [5.74, 6) is 1.66. The van der Waals surface area contributed by atoms with E-state index in [1.165, 1.54) is 0 Å². The molecule has 1 saturated carbocycles. The van der Waals surface area contributed by atoms with Crippen LogP contribution in [-0.2, 0) is 6.42 Å². The van der Waals surface area contributed by atoms with Gasteiger partial charge in [-0.25, -0.2) is 4.98 Å². The normalized spacial score (nSPS) is 23.3. The highest BCUT2D eigenvalue weighted by molar-refractivity contribution is 6.00. The lowest BCUT2D eigenvalue weighted by Gasteiger charge is -2.09. The number of nitrogens with one attached hydrogen (secondary N) is 2. The summed E-state index contributed by atoms with van der Waals surface area (Å²) in [4.78, 5) is 29.4. The molecule has 4 rings (SSSR count). The van der Waals surface area contributed by atoms with Gasteiger partial charge in [0.1, 0.15) is 5.69 Å². The number of rotatable bonds is 6. The molecule has 1 amide bonds. The highest BCUT2D eigenvalue weighted by Gasteiger charge is 2.53. The number of carbonyl (C=O) groups is 2. The van der Waals surface area contributed by atoms with E-state index in [0.717, 1.165) is 24.3 Å². The summed E-state index contributed by atoms with van der Waals surface area (Å²) in [6, 6.07) is 13.4. The average molecular weight is 349 g/mol. The SMILES string of the molecule is CNC(=O)c1cc(C(=O)CC2[C@H]3CNC[C@@H]23)cc(Cc2ccccc2)n1. The zero-order valence-corrected chi connectivity index (χ0v) is 14.9. The Morgan fingerprint density at radius 1 is 1.15 bits per heavy atom. The molecule has 5 heteroatoms. The van der Waals surface area contributed by atoms with E-state index in [4.69, 9.17) is 0 Å². The van der Waals surface area contributed by atoms with Crippen molar-refractivity contribution in [3.8, 4) is 0 Å². The molecule has 0 bridgehead atoms. The second-order valence-electron chi connectivity index (χ2n) is 7.25. The van der Waals surface area contributed by atoms with Crippen molar-refractivity contribution < 1.29 is 9.59 Å². The summed E-state index contributed by atoms with van der Waals surface area (Å²) in [5.41, 5.74) is 2.76. The molecule has 0 radical (unpaired) electrons. The first-order chi connectivity index (χ1) is 12.7. The Morgan fingerprint density at radius 2 is 1.88 bits per heavy atom. The summed E-state index contributed by atoms with van der Waals surface area (Å²) < 4.78 is 0. The third-order valence-corrected chi connectivity index (χ3v) is 5.58. The molecule has 2 heterocycles. The number of carbonyl (C=O) groups excluding carboxylic acids is 2. The monoisotopic (exact) mass is 349 g/mol. The van der Waals surface area contributed by atoms with Crippen molar-refractivity contribution in [1.29, 1.82) is 0 Å².